The van der Waals surface area contributed by atoms with E-state index in [1.54, 1.807) is 0 Å². The van der Waals surface area contributed by atoms with Crippen molar-refractivity contribution in [1.29, 1.82) is 0 Å². The lowest BCUT2D eigenvalue weighted by Gasteiger charge is -2.13. The molecule has 0 saturated carbocycles. The van der Waals surface area contributed by atoms with Gasteiger partial charge >= 0.3 is 0 Å². The lowest BCUT2D eigenvalue weighted by molar-refractivity contribution is 1.18. The molecule has 0 fully saturated rings. The fraction of sp³-hybridized carbons (Fsp3) is 0. The van der Waals surface area contributed by atoms with Crippen LogP contribution in [-0.4, -0.2) is 19.5 Å². The number of rotatable bonds is 7. The van der Waals surface area contributed by atoms with Gasteiger partial charge in [0.1, 0.15) is 0 Å². The molecule has 0 aliphatic carbocycles. The molecule has 0 aliphatic heterocycles. The summed E-state index contributed by atoms with van der Waals surface area (Å²) in [5.41, 5.74) is 15.9. The Labute approximate surface area is 387 Å². The Hall–Kier alpha value is -8.99. The second-order valence-electron chi connectivity index (χ2n) is 17.1. The van der Waals surface area contributed by atoms with Crippen molar-refractivity contribution in [2.75, 3.05) is 0 Å². The molecule has 13 aromatic rings. The highest BCUT2D eigenvalue weighted by atomic mass is 15.0. The summed E-state index contributed by atoms with van der Waals surface area (Å²) < 4.78 is 2.45. The van der Waals surface area contributed by atoms with Crippen LogP contribution in [-0.2, 0) is 0 Å². The predicted octanol–water partition coefficient (Wildman–Crippen LogP) is 16.4. The molecule has 4 heteroatoms. The van der Waals surface area contributed by atoms with E-state index in [2.05, 4.69) is 235 Å². The summed E-state index contributed by atoms with van der Waals surface area (Å²) in [5.74, 6) is 0.694. The van der Waals surface area contributed by atoms with Gasteiger partial charge in [-0.2, -0.15) is 0 Å². The molecule has 4 nitrogen and oxygen atoms in total. The Balaban J connectivity index is 0.966. The number of pyridine rings is 1. The number of benzene rings is 10. The first-order chi connectivity index (χ1) is 33.2. The van der Waals surface area contributed by atoms with Gasteiger partial charge in [0.2, 0.25) is 0 Å². The van der Waals surface area contributed by atoms with Gasteiger partial charge in [0.25, 0.3) is 0 Å². The van der Waals surface area contributed by atoms with Crippen LogP contribution in [0.5, 0.6) is 0 Å². The molecule has 67 heavy (non-hydrogen) atoms. The number of nitrogens with zero attached hydrogens (tertiary/aromatic N) is 4. The Morgan fingerprint density at radius 3 is 1.67 bits per heavy atom. The third kappa shape index (κ3) is 6.65. The SMILES string of the molecule is c1ccc(-c2cc(-c3ccccc3)nc(-c3cccc(-c4ccc(-c5cccc6c7c8c(ccc7n(-c7ccccc7)c56)c(-c5ccc6ccccc6c5)nc5ccccc58)cc4)c3)n2)cc1. The molecular formula is C63H40N4. The van der Waals surface area contributed by atoms with Gasteiger partial charge in [-0.1, -0.05) is 200 Å². The molecule has 3 heterocycles. The van der Waals surface area contributed by atoms with Gasteiger partial charge in [0, 0.05) is 60.4 Å². The average molecular weight is 853 g/mol. The van der Waals surface area contributed by atoms with Crippen molar-refractivity contribution in [3.63, 3.8) is 0 Å². The molecule has 312 valence electrons. The monoisotopic (exact) mass is 852 g/mol. The molecule has 0 amide bonds. The quantitative estimate of drug-likeness (QED) is 0.150. The summed E-state index contributed by atoms with van der Waals surface area (Å²) in [6.07, 6.45) is 0. The van der Waals surface area contributed by atoms with Crippen LogP contribution >= 0.6 is 0 Å². The summed E-state index contributed by atoms with van der Waals surface area (Å²) >= 11 is 0. The van der Waals surface area contributed by atoms with Gasteiger partial charge in [-0.3, -0.25) is 0 Å². The number of hydrogen-bond donors (Lipinski definition) is 0. The molecule has 0 saturated heterocycles. The fourth-order valence-electron chi connectivity index (χ4n) is 10.0. The van der Waals surface area contributed by atoms with Crippen LogP contribution in [0.1, 0.15) is 0 Å². The Bertz CT molecular complexity index is 3950. The van der Waals surface area contributed by atoms with E-state index in [1.807, 2.05) is 12.1 Å². The predicted molar refractivity (Wildman–Crippen MR) is 279 cm³/mol. The van der Waals surface area contributed by atoms with Crippen molar-refractivity contribution >= 4 is 54.3 Å². The van der Waals surface area contributed by atoms with Crippen LogP contribution in [0.3, 0.4) is 0 Å². The summed E-state index contributed by atoms with van der Waals surface area (Å²) in [6.45, 7) is 0. The van der Waals surface area contributed by atoms with Gasteiger partial charge < -0.3 is 4.57 Å². The van der Waals surface area contributed by atoms with Crippen LogP contribution in [0, 0.1) is 0 Å². The first kappa shape index (κ1) is 38.5. The minimum atomic E-state index is 0.694. The average Bonchev–Trinajstić information content (AvgIpc) is 3.76. The maximum absolute atomic E-state index is 5.37. The van der Waals surface area contributed by atoms with Crippen molar-refractivity contribution in [2.45, 2.75) is 0 Å². The summed E-state index contributed by atoms with van der Waals surface area (Å²) in [4.78, 5) is 15.6. The standard InChI is InChI=1S/C63H40N4/c1-4-17-44(18-5-1)56-40-57(45-19-6-2-7-20-45)66-63(65-56)49-23-14-22-47(39-49)42-30-33-43(34-31-42)51-27-15-28-54-60-58(67(62(51)54)50-24-8-3-9-25-50)37-36-53-59(60)52-26-12-13-29-55(52)64-61(53)48-35-32-41-16-10-11-21-46(41)38-48/h1-40H. The minimum absolute atomic E-state index is 0.694. The van der Waals surface area contributed by atoms with Crippen LogP contribution in [0.25, 0.3) is 127 Å². The zero-order chi connectivity index (χ0) is 44.3. The highest BCUT2D eigenvalue weighted by Crippen LogP contribution is 2.45. The van der Waals surface area contributed by atoms with Crippen molar-refractivity contribution < 1.29 is 0 Å². The van der Waals surface area contributed by atoms with Crippen LogP contribution < -0.4 is 0 Å². The molecule has 10 aromatic carbocycles. The summed E-state index contributed by atoms with van der Waals surface area (Å²) in [5, 5.41) is 8.34. The molecule has 0 bridgehead atoms. The topological polar surface area (TPSA) is 43.6 Å². The van der Waals surface area contributed by atoms with Gasteiger partial charge in [-0.25, -0.2) is 15.0 Å². The van der Waals surface area contributed by atoms with E-state index in [-0.39, 0.29) is 0 Å². The van der Waals surface area contributed by atoms with Crippen molar-refractivity contribution in [1.82, 2.24) is 19.5 Å². The smallest absolute Gasteiger partial charge is 0.160 e. The first-order valence-electron chi connectivity index (χ1n) is 22.8. The van der Waals surface area contributed by atoms with E-state index in [4.69, 9.17) is 15.0 Å². The molecule has 3 aromatic heterocycles. The second kappa shape index (κ2) is 15.9. The number of fused-ring (bicyclic) bond motifs is 8. The summed E-state index contributed by atoms with van der Waals surface area (Å²) in [7, 11) is 0. The molecule has 0 unspecified atom stereocenters. The van der Waals surface area contributed by atoms with Crippen LogP contribution in [0.15, 0.2) is 243 Å². The Kier molecular flexibility index (Phi) is 9.14. The van der Waals surface area contributed by atoms with Gasteiger partial charge in [-0.05, 0) is 69.9 Å². The lowest BCUT2D eigenvalue weighted by Crippen LogP contribution is -1.96. The van der Waals surface area contributed by atoms with Crippen LogP contribution in [0.4, 0.5) is 0 Å². The lowest BCUT2D eigenvalue weighted by atomic mass is 9.94. The highest BCUT2D eigenvalue weighted by Gasteiger charge is 2.22. The molecule has 0 radical (unpaired) electrons. The molecule has 13 rings (SSSR count). The zero-order valence-corrected chi connectivity index (χ0v) is 36.4. The van der Waals surface area contributed by atoms with Crippen molar-refractivity contribution in [3.8, 4) is 73.1 Å². The fourth-order valence-corrected chi connectivity index (χ4v) is 10.0. The minimum Gasteiger partial charge on any atom is -0.309 e. The maximum Gasteiger partial charge on any atom is 0.160 e. The molecule has 0 atom stereocenters. The normalized spacial score (nSPS) is 11.6. The van der Waals surface area contributed by atoms with Crippen molar-refractivity contribution in [3.05, 3.63) is 243 Å². The first-order valence-corrected chi connectivity index (χ1v) is 22.8. The van der Waals surface area contributed by atoms with E-state index in [1.165, 1.54) is 38.0 Å². The Morgan fingerprint density at radius 2 is 0.910 bits per heavy atom. The molecule has 0 spiro atoms. The van der Waals surface area contributed by atoms with Gasteiger partial charge in [-0.15, -0.1) is 0 Å². The third-order valence-electron chi connectivity index (χ3n) is 13.2. The molecule has 0 N–H and O–H groups in total. The van der Waals surface area contributed by atoms with E-state index in [9.17, 15) is 0 Å². The van der Waals surface area contributed by atoms with Gasteiger partial charge in [0.05, 0.1) is 33.6 Å². The largest absolute Gasteiger partial charge is 0.309 e. The van der Waals surface area contributed by atoms with Crippen LogP contribution in [0.2, 0.25) is 0 Å². The van der Waals surface area contributed by atoms with E-state index in [0.717, 1.165) is 83.5 Å². The second-order valence-corrected chi connectivity index (χ2v) is 17.1. The third-order valence-corrected chi connectivity index (χ3v) is 13.2. The van der Waals surface area contributed by atoms with E-state index >= 15 is 0 Å². The maximum atomic E-state index is 5.37. The number of para-hydroxylation sites is 3. The zero-order valence-electron chi connectivity index (χ0n) is 36.4. The highest BCUT2D eigenvalue weighted by molar-refractivity contribution is 6.30. The van der Waals surface area contributed by atoms with E-state index in [0.29, 0.717) is 5.82 Å². The number of hydrogen-bond acceptors (Lipinski definition) is 3. The summed E-state index contributed by atoms with van der Waals surface area (Å²) in [6, 6.07) is 86.3. The Morgan fingerprint density at radius 1 is 0.313 bits per heavy atom. The number of aromatic nitrogens is 4. The van der Waals surface area contributed by atoms with Crippen molar-refractivity contribution in [2.24, 2.45) is 0 Å². The van der Waals surface area contributed by atoms with E-state index < -0.39 is 0 Å². The van der Waals surface area contributed by atoms with Gasteiger partial charge in [0.15, 0.2) is 5.82 Å². The molecule has 0 aliphatic rings. The molecular weight excluding hydrogens is 813 g/mol.